The number of carbonyl (C=O) groups is 3. The Hall–Kier alpha value is -2.95. The maximum Gasteiger partial charge on any atom is 0.226 e. The van der Waals surface area contributed by atoms with E-state index >= 15 is 0 Å². The van der Waals surface area contributed by atoms with Crippen LogP contribution in [0.25, 0.3) is 0 Å². The van der Waals surface area contributed by atoms with Crippen LogP contribution in [0.2, 0.25) is 0 Å². The van der Waals surface area contributed by atoms with Crippen molar-refractivity contribution in [1.29, 1.82) is 0 Å². The highest BCUT2D eigenvalue weighted by atomic mass is 16.3. The summed E-state index contributed by atoms with van der Waals surface area (Å²) >= 11 is 0. The first kappa shape index (κ1) is 20.8. The van der Waals surface area contributed by atoms with Gasteiger partial charge in [-0.15, -0.1) is 0 Å². The van der Waals surface area contributed by atoms with Gasteiger partial charge in [0, 0.05) is 18.9 Å². The third-order valence-electron chi connectivity index (χ3n) is 5.34. The first-order chi connectivity index (χ1) is 13.8. The Morgan fingerprint density at radius 3 is 2.31 bits per heavy atom. The molecule has 1 unspecified atom stereocenters. The molecule has 2 aromatic carbocycles. The zero-order chi connectivity index (χ0) is 21.0. The van der Waals surface area contributed by atoms with Crippen molar-refractivity contribution < 1.29 is 19.5 Å². The minimum Gasteiger partial charge on any atom is -0.508 e. The number of hydrogen-bond acceptors (Lipinski definition) is 4. The third-order valence-corrected chi connectivity index (χ3v) is 5.34. The normalized spacial score (nSPS) is 15.4. The van der Waals surface area contributed by atoms with E-state index in [0.717, 1.165) is 28.7 Å². The van der Waals surface area contributed by atoms with Crippen LogP contribution in [-0.2, 0) is 40.2 Å². The Balaban J connectivity index is 1.72. The summed E-state index contributed by atoms with van der Waals surface area (Å²) in [6.45, 7) is 3.52. The number of amides is 1. The molecule has 0 saturated carbocycles. The predicted octanol–water partition coefficient (Wildman–Crippen LogP) is 3.25. The van der Waals surface area contributed by atoms with Crippen molar-refractivity contribution in [1.82, 2.24) is 4.90 Å². The molecule has 0 fully saturated rings. The van der Waals surface area contributed by atoms with E-state index in [1.807, 2.05) is 30.3 Å². The van der Waals surface area contributed by atoms with Crippen molar-refractivity contribution >= 4 is 17.5 Å². The summed E-state index contributed by atoms with van der Waals surface area (Å²) in [4.78, 5) is 37.9. The van der Waals surface area contributed by atoms with E-state index in [-0.39, 0.29) is 35.7 Å². The molecule has 0 bridgehead atoms. The van der Waals surface area contributed by atoms with Crippen molar-refractivity contribution in [2.75, 3.05) is 6.54 Å². The summed E-state index contributed by atoms with van der Waals surface area (Å²) in [5, 5.41) is 9.65. The molecule has 0 radical (unpaired) electrons. The molecule has 0 aromatic heterocycles. The van der Waals surface area contributed by atoms with Crippen LogP contribution in [0.5, 0.6) is 5.75 Å². The molecule has 0 spiro atoms. The fourth-order valence-electron chi connectivity index (χ4n) is 3.96. The maximum atomic E-state index is 13.2. The lowest BCUT2D eigenvalue weighted by molar-refractivity contribution is -0.139. The SMILES string of the molecule is CC(=O)Cc1ccc(CN(CC(C)=O)C(=O)C2CCc3cc(O)ccc3C2)cc1. The molecule has 5 nitrogen and oxygen atoms in total. The lowest BCUT2D eigenvalue weighted by atomic mass is 9.83. The number of phenols is 1. The number of carbonyl (C=O) groups excluding carboxylic acids is 3. The van der Waals surface area contributed by atoms with Crippen molar-refractivity contribution in [2.45, 2.75) is 46.1 Å². The van der Waals surface area contributed by atoms with Gasteiger partial charge in [-0.05, 0) is 67.5 Å². The van der Waals surface area contributed by atoms with Gasteiger partial charge in [-0.1, -0.05) is 30.3 Å². The fraction of sp³-hybridized carbons (Fsp3) is 0.375. The molecule has 1 amide bonds. The molecular formula is C24H27NO4. The summed E-state index contributed by atoms with van der Waals surface area (Å²) in [7, 11) is 0. The quantitative estimate of drug-likeness (QED) is 0.784. The summed E-state index contributed by atoms with van der Waals surface area (Å²) in [6.07, 6.45) is 2.48. The van der Waals surface area contributed by atoms with Crippen LogP contribution in [0, 0.1) is 5.92 Å². The van der Waals surface area contributed by atoms with Gasteiger partial charge in [0.05, 0.1) is 6.54 Å². The number of hydrogen-bond donors (Lipinski definition) is 1. The number of Topliss-reactive ketones (excluding diaryl/α,β-unsaturated/α-hetero) is 2. The molecule has 1 aliphatic carbocycles. The van der Waals surface area contributed by atoms with E-state index in [0.29, 0.717) is 25.8 Å². The zero-order valence-electron chi connectivity index (χ0n) is 17.0. The second kappa shape index (κ2) is 9.03. The second-order valence-corrected chi connectivity index (χ2v) is 7.98. The Kier molecular flexibility index (Phi) is 6.47. The molecule has 1 atom stereocenters. The Morgan fingerprint density at radius 2 is 1.66 bits per heavy atom. The largest absolute Gasteiger partial charge is 0.508 e. The topological polar surface area (TPSA) is 74.7 Å². The lowest BCUT2D eigenvalue weighted by Crippen LogP contribution is -2.40. The van der Waals surface area contributed by atoms with Crippen LogP contribution in [0.3, 0.4) is 0 Å². The molecule has 0 saturated heterocycles. The first-order valence-electron chi connectivity index (χ1n) is 9.98. The number of ketones is 2. The number of phenolic OH excluding ortho intramolecular Hbond substituents is 1. The van der Waals surface area contributed by atoms with E-state index in [1.165, 1.54) is 6.92 Å². The van der Waals surface area contributed by atoms with Gasteiger partial charge in [0.25, 0.3) is 0 Å². The number of fused-ring (bicyclic) bond motifs is 1. The molecule has 5 heteroatoms. The molecule has 0 aliphatic heterocycles. The van der Waals surface area contributed by atoms with Crippen LogP contribution < -0.4 is 0 Å². The number of nitrogens with zero attached hydrogens (tertiary/aromatic N) is 1. The van der Waals surface area contributed by atoms with Gasteiger partial charge >= 0.3 is 0 Å². The van der Waals surface area contributed by atoms with E-state index in [4.69, 9.17) is 0 Å². The van der Waals surface area contributed by atoms with E-state index < -0.39 is 0 Å². The van der Waals surface area contributed by atoms with Crippen LogP contribution in [0.15, 0.2) is 42.5 Å². The average molecular weight is 393 g/mol. The molecule has 2 aromatic rings. The van der Waals surface area contributed by atoms with E-state index in [1.54, 1.807) is 24.0 Å². The molecule has 3 rings (SSSR count). The van der Waals surface area contributed by atoms with Gasteiger partial charge in [0.2, 0.25) is 5.91 Å². The van der Waals surface area contributed by atoms with Gasteiger partial charge in [-0.3, -0.25) is 14.4 Å². The minimum absolute atomic E-state index is 0.00765. The van der Waals surface area contributed by atoms with Gasteiger partial charge in [0.15, 0.2) is 0 Å². The van der Waals surface area contributed by atoms with Gasteiger partial charge in [0.1, 0.15) is 17.3 Å². The summed E-state index contributed by atoms with van der Waals surface area (Å²) in [5.41, 5.74) is 4.06. The van der Waals surface area contributed by atoms with Crippen molar-refractivity contribution in [3.05, 3.63) is 64.7 Å². The van der Waals surface area contributed by atoms with E-state index in [2.05, 4.69) is 0 Å². The fourth-order valence-corrected chi connectivity index (χ4v) is 3.96. The van der Waals surface area contributed by atoms with Crippen molar-refractivity contribution in [3.63, 3.8) is 0 Å². The molecular weight excluding hydrogens is 366 g/mol. The summed E-state index contributed by atoms with van der Waals surface area (Å²) in [5.74, 6) is 0.139. The highest BCUT2D eigenvalue weighted by Gasteiger charge is 2.29. The van der Waals surface area contributed by atoms with E-state index in [9.17, 15) is 19.5 Å². The smallest absolute Gasteiger partial charge is 0.226 e. The third kappa shape index (κ3) is 5.53. The molecule has 1 aliphatic rings. The Morgan fingerprint density at radius 1 is 0.966 bits per heavy atom. The minimum atomic E-state index is -0.164. The molecule has 1 N–H and O–H groups in total. The number of benzene rings is 2. The van der Waals surface area contributed by atoms with Gasteiger partial charge in [-0.25, -0.2) is 0 Å². The number of aryl methyl sites for hydroxylation is 1. The van der Waals surface area contributed by atoms with Crippen LogP contribution in [-0.4, -0.2) is 34.0 Å². The lowest BCUT2D eigenvalue weighted by Gasteiger charge is -2.30. The summed E-state index contributed by atoms with van der Waals surface area (Å²) < 4.78 is 0. The number of rotatable bonds is 7. The predicted molar refractivity (Wildman–Crippen MR) is 111 cm³/mol. The van der Waals surface area contributed by atoms with Crippen molar-refractivity contribution in [2.24, 2.45) is 5.92 Å². The Labute approximate surface area is 171 Å². The van der Waals surface area contributed by atoms with Crippen molar-refractivity contribution in [3.8, 4) is 5.75 Å². The first-order valence-corrected chi connectivity index (χ1v) is 9.98. The molecule has 29 heavy (non-hydrogen) atoms. The highest BCUT2D eigenvalue weighted by molar-refractivity contribution is 5.86. The Bertz CT molecular complexity index is 917. The highest BCUT2D eigenvalue weighted by Crippen LogP contribution is 2.29. The van der Waals surface area contributed by atoms with Crippen LogP contribution >= 0.6 is 0 Å². The number of aromatic hydroxyl groups is 1. The average Bonchev–Trinajstić information content (AvgIpc) is 2.67. The second-order valence-electron chi connectivity index (χ2n) is 7.98. The maximum absolute atomic E-state index is 13.2. The van der Waals surface area contributed by atoms with Gasteiger partial charge in [-0.2, -0.15) is 0 Å². The molecule has 152 valence electrons. The van der Waals surface area contributed by atoms with Crippen LogP contribution in [0.1, 0.15) is 42.5 Å². The standard InChI is InChI=1S/C24H27NO4/c1-16(26)11-18-3-5-19(6-4-18)15-25(14-17(2)27)24(29)22-8-7-21-13-23(28)10-9-20(21)12-22/h3-6,9-10,13,22,28H,7-8,11-12,14-15H2,1-2H3. The summed E-state index contributed by atoms with van der Waals surface area (Å²) in [6, 6.07) is 12.9. The molecule has 0 heterocycles. The zero-order valence-corrected chi connectivity index (χ0v) is 17.0. The van der Waals surface area contributed by atoms with Crippen LogP contribution in [0.4, 0.5) is 0 Å². The van der Waals surface area contributed by atoms with Gasteiger partial charge < -0.3 is 10.0 Å². The monoisotopic (exact) mass is 393 g/mol.